The van der Waals surface area contributed by atoms with Crippen molar-refractivity contribution >= 4 is 71.7 Å². The fraction of sp³-hybridized carbons (Fsp3) is 0. The van der Waals surface area contributed by atoms with Gasteiger partial charge in [-0.05, 0) is 76.0 Å². The smallest absolute Gasteiger partial charge is 0.159 e. The maximum Gasteiger partial charge on any atom is 0.159 e. The van der Waals surface area contributed by atoms with E-state index in [9.17, 15) is 0 Å². The first kappa shape index (κ1) is 27.5. The highest BCUT2D eigenvalue weighted by molar-refractivity contribution is 6.19. The molecule has 0 saturated carbocycles. The SMILES string of the molecule is c1ccc(-c2ccc(N(c3ccc4oc5c(-c6ccccc6)c6ccccc6cc5c4c3)c3cccc4c3oc3ccccc34)cc2)cc1. The van der Waals surface area contributed by atoms with Gasteiger partial charge in [-0.1, -0.05) is 127 Å². The van der Waals surface area contributed by atoms with Gasteiger partial charge in [-0.2, -0.15) is 0 Å². The van der Waals surface area contributed by atoms with E-state index >= 15 is 0 Å². The molecule has 3 heteroatoms. The lowest BCUT2D eigenvalue weighted by Gasteiger charge is -2.26. The molecule has 230 valence electrons. The topological polar surface area (TPSA) is 29.5 Å². The van der Waals surface area contributed by atoms with Crippen molar-refractivity contribution in [3.63, 3.8) is 0 Å². The molecule has 10 aromatic rings. The summed E-state index contributed by atoms with van der Waals surface area (Å²) in [5, 5.41) is 6.72. The molecule has 0 amide bonds. The van der Waals surface area contributed by atoms with Crippen molar-refractivity contribution in [2.45, 2.75) is 0 Å². The maximum atomic E-state index is 6.73. The van der Waals surface area contributed by atoms with E-state index in [1.54, 1.807) is 0 Å². The molecular formula is C46H29NO2. The molecule has 49 heavy (non-hydrogen) atoms. The Morgan fingerprint density at radius 1 is 0.347 bits per heavy atom. The molecule has 0 bridgehead atoms. The second kappa shape index (κ2) is 11.0. The zero-order valence-electron chi connectivity index (χ0n) is 26.5. The molecule has 2 heterocycles. The van der Waals surface area contributed by atoms with E-state index in [0.717, 1.165) is 72.1 Å². The normalized spacial score (nSPS) is 11.7. The lowest BCUT2D eigenvalue weighted by molar-refractivity contribution is 0.669. The van der Waals surface area contributed by atoms with Crippen LogP contribution in [0, 0.1) is 0 Å². The van der Waals surface area contributed by atoms with E-state index in [2.05, 4.69) is 169 Å². The Hall–Kier alpha value is -6.58. The van der Waals surface area contributed by atoms with Crippen molar-refractivity contribution in [3.05, 3.63) is 176 Å². The largest absolute Gasteiger partial charge is 0.455 e. The van der Waals surface area contributed by atoms with Crippen molar-refractivity contribution in [2.24, 2.45) is 0 Å². The summed E-state index contributed by atoms with van der Waals surface area (Å²) < 4.78 is 13.3. The highest BCUT2D eigenvalue weighted by Gasteiger charge is 2.22. The minimum Gasteiger partial charge on any atom is -0.455 e. The van der Waals surface area contributed by atoms with Crippen LogP contribution in [0.15, 0.2) is 185 Å². The van der Waals surface area contributed by atoms with E-state index < -0.39 is 0 Å². The van der Waals surface area contributed by atoms with Crippen LogP contribution in [0.5, 0.6) is 0 Å². The number of furan rings is 2. The minimum atomic E-state index is 0.852. The Bertz CT molecular complexity index is 2810. The van der Waals surface area contributed by atoms with Crippen LogP contribution in [0.1, 0.15) is 0 Å². The molecule has 0 unspecified atom stereocenters. The second-order valence-corrected chi connectivity index (χ2v) is 12.5. The van der Waals surface area contributed by atoms with Crippen LogP contribution in [0.25, 0.3) is 76.9 Å². The highest BCUT2D eigenvalue weighted by atomic mass is 16.3. The zero-order valence-corrected chi connectivity index (χ0v) is 26.5. The molecule has 0 saturated heterocycles. The molecule has 10 rings (SSSR count). The van der Waals surface area contributed by atoms with Crippen molar-refractivity contribution in [1.29, 1.82) is 0 Å². The van der Waals surface area contributed by atoms with E-state index in [1.807, 2.05) is 12.1 Å². The molecule has 0 aliphatic heterocycles. The fourth-order valence-electron chi connectivity index (χ4n) is 7.36. The van der Waals surface area contributed by atoms with Gasteiger partial charge in [0.15, 0.2) is 5.58 Å². The van der Waals surface area contributed by atoms with E-state index in [4.69, 9.17) is 8.83 Å². The fourth-order valence-corrected chi connectivity index (χ4v) is 7.36. The van der Waals surface area contributed by atoms with Gasteiger partial charge in [-0.15, -0.1) is 0 Å². The number of hydrogen-bond donors (Lipinski definition) is 0. The van der Waals surface area contributed by atoms with Crippen LogP contribution in [0.4, 0.5) is 17.1 Å². The van der Waals surface area contributed by atoms with Gasteiger partial charge < -0.3 is 13.7 Å². The van der Waals surface area contributed by atoms with Crippen LogP contribution < -0.4 is 4.90 Å². The number of para-hydroxylation sites is 2. The number of rotatable bonds is 5. The molecular weight excluding hydrogens is 599 g/mol. The molecule has 0 fully saturated rings. The van der Waals surface area contributed by atoms with Gasteiger partial charge in [0.2, 0.25) is 0 Å². The second-order valence-electron chi connectivity index (χ2n) is 12.5. The predicted octanol–water partition coefficient (Wildman–Crippen LogP) is 13.4. The predicted molar refractivity (Wildman–Crippen MR) is 204 cm³/mol. The molecule has 2 aromatic heterocycles. The molecule has 0 radical (unpaired) electrons. The summed E-state index contributed by atoms with van der Waals surface area (Å²) in [4.78, 5) is 2.30. The minimum absolute atomic E-state index is 0.852. The van der Waals surface area contributed by atoms with Gasteiger partial charge >= 0.3 is 0 Å². The van der Waals surface area contributed by atoms with Gasteiger partial charge in [0.25, 0.3) is 0 Å². The van der Waals surface area contributed by atoms with Crippen molar-refractivity contribution in [2.75, 3.05) is 4.90 Å². The van der Waals surface area contributed by atoms with Gasteiger partial charge in [0.1, 0.15) is 16.7 Å². The van der Waals surface area contributed by atoms with E-state index in [1.165, 1.54) is 21.9 Å². The van der Waals surface area contributed by atoms with Crippen molar-refractivity contribution in [3.8, 4) is 22.3 Å². The standard InChI is InChI=1S/C46H29NO2/c1-3-12-30(13-4-1)31-22-24-34(25-23-31)47(41-20-11-19-38-37-18-9-10-21-42(37)48-45(38)41)35-26-27-43-39(29-35)40-28-33-16-7-8-17-36(33)44(46(40)49-43)32-14-5-2-6-15-32/h1-29H. The molecule has 0 atom stereocenters. The van der Waals surface area contributed by atoms with Crippen LogP contribution in [-0.2, 0) is 0 Å². The third-order valence-corrected chi connectivity index (χ3v) is 9.64. The first-order chi connectivity index (χ1) is 24.3. The lowest BCUT2D eigenvalue weighted by Crippen LogP contribution is -2.10. The summed E-state index contributed by atoms with van der Waals surface area (Å²) in [6, 6.07) is 61.9. The average Bonchev–Trinajstić information content (AvgIpc) is 3.73. The monoisotopic (exact) mass is 627 g/mol. The van der Waals surface area contributed by atoms with Crippen LogP contribution >= 0.6 is 0 Å². The van der Waals surface area contributed by atoms with Gasteiger partial charge in [0.05, 0.1) is 5.69 Å². The molecule has 0 spiro atoms. The van der Waals surface area contributed by atoms with Crippen LogP contribution in [0.3, 0.4) is 0 Å². The first-order valence-corrected chi connectivity index (χ1v) is 16.6. The maximum absolute atomic E-state index is 6.73. The number of benzene rings is 8. The van der Waals surface area contributed by atoms with Gasteiger partial charge in [-0.25, -0.2) is 0 Å². The molecule has 0 aliphatic rings. The Balaban J connectivity index is 1.22. The van der Waals surface area contributed by atoms with Crippen molar-refractivity contribution < 1.29 is 8.83 Å². The Kier molecular flexibility index (Phi) is 6.18. The number of hydrogen-bond acceptors (Lipinski definition) is 3. The van der Waals surface area contributed by atoms with Crippen LogP contribution in [-0.4, -0.2) is 0 Å². The van der Waals surface area contributed by atoms with Crippen LogP contribution in [0.2, 0.25) is 0 Å². The molecule has 0 aliphatic carbocycles. The number of nitrogens with zero attached hydrogens (tertiary/aromatic N) is 1. The summed E-state index contributed by atoms with van der Waals surface area (Å²) in [5.74, 6) is 0. The number of anilines is 3. The summed E-state index contributed by atoms with van der Waals surface area (Å²) in [7, 11) is 0. The first-order valence-electron chi connectivity index (χ1n) is 16.6. The van der Waals surface area contributed by atoms with E-state index in [-0.39, 0.29) is 0 Å². The molecule has 8 aromatic carbocycles. The van der Waals surface area contributed by atoms with E-state index in [0.29, 0.717) is 0 Å². The Morgan fingerprint density at radius 3 is 1.78 bits per heavy atom. The summed E-state index contributed by atoms with van der Waals surface area (Å²) in [6.45, 7) is 0. The average molecular weight is 628 g/mol. The van der Waals surface area contributed by atoms with Gasteiger partial charge in [-0.3, -0.25) is 0 Å². The zero-order chi connectivity index (χ0) is 32.3. The van der Waals surface area contributed by atoms with Gasteiger partial charge in [0, 0.05) is 38.5 Å². The Labute approximate surface area is 282 Å². The number of fused-ring (bicyclic) bond motifs is 7. The summed E-state index contributed by atoms with van der Waals surface area (Å²) in [6.07, 6.45) is 0. The molecule has 0 N–H and O–H groups in total. The Morgan fingerprint density at radius 2 is 0.959 bits per heavy atom. The molecule has 3 nitrogen and oxygen atoms in total. The quantitative estimate of drug-likeness (QED) is 0.190. The van der Waals surface area contributed by atoms with Crippen molar-refractivity contribution in [1.82, 2.24) is 0 Å². The lowest BCUT2D eigenvalue weighted by atomic mass is 9.95. The summed E-state index contributed by atoms with van der Waals surface area (Å²) >= 11 is 0. The third-order valence-electron chi connectivity index (χ3n) is 9.64. The highest BCUT2D eigenvalue weighted by Crippen LogP contribution is 2.46. The summed E-state index contributed by atoms with van der Waals surface area (Å²) in [5.41, 5.74) is 11.1. The third kappa shape index (κ3) is 4.44.